The van der Waals surface area contributed by atoms with Crippen LogP contribution < -0.4 is 21.1 Å². The number of carbonyl (C=O) groups excluding carboxylic acids is 4. The van der Waals surface area contributed by atoms with E-state index in [2.05, 4.69) is 30.2 Å². The molecule has 3 aliphatic heterocycles. The Bertz CT molecular complexity index is 2320. The molecule has 9 rings (SSSR count). The summed E-state index contributed by atoms with van der Waals surface area (Å²) >= 11 is 0. The minimum Gasteiger partial charge on any atom is -0.457 e. The summed E-state index contributed by atoms with van der Waals surface area (Å²) in [7, 11) is 0. The molecule has 1 unspecified atom stereocenters. The summed E-state index contributed by atoms with van der Waals surface area (Å²) in [5.74, 6) is 0.487. The van der Waals surface area contributed by atoms with Crippen LogP contribution in [0.4, 0.5) is 11.5 Å². The van der Waals surface area contributed by atoms with Crippen LogP contribution >= 0.6 is 0 Å². The van der Waals surface area contributed by atoms with Gasteiger partial charge in [-0.1, -0.05) is 18.2 Å². The zero-order valence-electron chi connectivity index (χ0n) is 30.9. The SMILES string of the molecule is Nc1ncnc2c1c(-c1ccc(Oc3ccccc3)cc1)nn2C1CCC(CN2CCC[C@@H](Nc3ccc4c(c3)C(=O)N(C3CCC(=O)NC3=O)C4=O)C2)CC1. The Balaban J connectivity index is 0.819. The lowest BCUT2D eigenvalue weighted by Crippen LogP contribution is -2.54. The van der Waals surface area contributed by atoms with Crippen molar-refractivity contribution in [1.29, 1.82) is 0 Å². The second-order valence-electron chi connectivity index (χ2n) is 15.3. The number of hydrogen-bond acceptors (Lipinski definition) is 11. The van der Waals surface area contributed by atoms with Crippen LogP contribution in [0, 0.1) is 5.92 Å². The lowest BCUT2D eigenvalue weighted by atomic mass is 9.85. The van der Waals surface area contributed by atoms with Crippen molar-refractivity contribution < 1.29 is 23.9 Å². The van der Waals surface area contributed by atoms with Crippen LogP contribution in [-0.2, 0) is 9.59 Å². The number of rotatable bonds is 9. The van der Waals surface area contributed by atoms with Crippen LogP contribution in [-0.4, -0.2) is 84.9 Å². The third-order valence-electron chi connectivity index (χ3n) is 11.6. The molecule has 286 valence electrons. The maximum Gasteiger partial charge on any atom is 0.262 e. The van der Waals surface area contributed by atoms with Crippen molar-refractivity contribution in [3.05, 3.63) is 90.3 Å². The molecule has 14 heteroatoms. The highest BCUT2D eigenvalue weighted by atomic mass is 16.5. The molecular formula is C42H43N9O5. The Hall–Kier alpha value is -6.15. The van der Waals surface area contributed by atoms with E-state index < -0.39 is 29.7 Å². The van der Waals surface area contributed by atoms with Crippen LogP contribution in [0.5, 0.6) is 11.5 Å². The molecule has 4 amide bonds. The highest BCUT2D eigenvalue weighted by Gasteiger charge is 2.44. The number of imide groups is 2. The molecule has 3 aromatic carbocycles. The summed E-state index contributed by atoms with van der Waals surface area (Å²) < 4.78 is 8.07. The molecule has 14 nitrogen and oxygen atoms in total. The zero-order valence-corrected chi connectivity index (χ0v) is 30.9. The number of nitrogens with two attached hydrogens (primary N) is 1. The number of nitrogens with one attached hydrogen (secondary N) is 2. The van der Waals surface area contributed by atoms with E-state index in [1.54, 1.807) is 12.1 Å². The first-order valence-corrected chi connectivity index (χ1v) is 19.5. The third kappa shape index (κ3) is 6.85. The van der Waals surface area contributed by atoms with Gasteiger partial charge in [0.2, 0.25) is 11.8 Å². The highest BCUT2D eigenvalue weighted by Crippen LogP contribution is 2.39. The molecule has 2 aromatic heterocycles. The van der Waals surface area contributed by atoms with E-state index in [0.29, 0.717) is 11.7 Å². The summed E-state index contributed by atoms with van der Waals surface area (Å²) in [6.45, 7) is 2.93. The van der Waals surface area contributed by atoms with Gasteiger partial charge in [0.25, 0.3) is 11.8 Å². The number of carbonyl (C=O) groups is 4. The van der Waals surface area contributed by atoms with E-state index >= 15 is 0 Å². The number of para-hydroxylation sites is 1. The number of aromatic nitrogens is 4. The number of piperidine rings is 2. The molecule has 2 saturated heterocycles. The van der Waals surface area contributed by atoms with E-state index in [1.807, 2.05) is 60.7 Å². The third-order valence-corrected chi connectivity index (χ3v) is 11.6. The van der Waals surface area contributed by atoms with Gasteiger partial charge in [-0.3, -0.25) is 29.4 Å². The summed E-state index contributed by atoms with van der Waals surface area (Å²) in [5.41, 5.74) is 10.2. The molecule has 4 N–H and O–H groups in total. The van der Waals surface area contributed by atoms with E-state index in [4.69, 9.17) is 15.6 Å². The van der Waals surface area contributed by atoms with Crippen molar-refractivity contribution in [2.24, 2.45) is 5.92 Å². The number of likely N-dealkylation sites (tertiary alicyclic amines) is 1. The summed E-state index contributed by atoms with van der Waals surface area (Å²) in [4.78, 5) is 63.1. The average Bonchev–Trinajstić information content (AvgIpc) is 3.71. The Labute approximate surface area is 323 Å². The summed E-state index contributed by atoms with van der Waals surface area (Å²) in [6.07, 6.45) is 7.92. The maximum absolute atomic E-state index is 13.4. The van der Waals surface area contributed by atoms with Gasteiger partial charge in [0, 0.05) is 36.8 Å². The lowest BCUT2D eigenvalue weighted by Gasteiger charge is -2.37. The number of benzene rings is 3. The van der Waals surface area contributed by atoms with Crippen LogP contribution in [0.2, 0.25) is 0 Å². The van der Waals surface area contributed by atoms with Crippen LogP contribution in [0.1, 0.15) is 78.1 Å². The molecule has 5 aromatic rings. The minimum absolute atomic E-state index is 0.0894. The number of amides is 4. The fraction of sp³-hybridized carbons (Fsp3) is 0.357. The first-order valence-electron chi connectivity index (χ1n) is 19.5. The van der Waals surface area contributed by atoms with Gasteiger partial charge >= 0.3 is 0 Å². The fourth-order valence-electron chi connectivity index (χ4n) is 8.83. The number of fused-ring (bicyclic) bond motifs is 2. The smallest absolute Gasteiger partial charge is 0.262 e. The molecule has 56 heavy (non-hydrogen) atoms. The van der Waals surface area contributed by atoms with E-state index in [-0.39, 0.29) is 36.1 Å². The van der Waals surface area contributed by atoms with Gasteiger partial charge in [-0.25, -0.2) is 14.6 Å². The van der Waals surface area contributed by atoms with Crippen molar-refractivity contribution in [1.82, 2.24) is 34.9 Å². The molecule has 3 fully saturated rings. The van der Waals surface area contributed by atoms with Crippen LogP contribution in [0.3, 0.4) is 0 Å². The first kappa shape index (κ1) is 35.5. The second kappa shape index (κ2) is 14.8. The van der Waals surface area contributed by atoms with Gasteiger partial charge in [-0.05, 0) is 112 Å². The topological polar surface area (TPSA) is 178 Å². The van der Waals surface area contributed by atoms with Gasteiger partial charge in [0.15, 0.2) is 5.65 Å². The molecule has 5 heterocycles. The predicted molar refractivity (Wildman–Crippen MR) is 209 cm³/mol. The summed E-state index contributed by atoms with van der Waals surface area (Å²) in [5, 5.41) is 11.7. The first-order chi connectivity index (χ1) is 27.3. The molecule has 0 radical (unpaired) electrons. The van der Waals surface area contributed by atoms with Gasteiger partial charge in [-0.2, -0.15) is 5.10 Å². The fourth-order valence-corrected chi connectivity index (χ4v) is 8.83. The highest BCUT2D eigenvalue weighted by molar-refractivity contribution is 6.23. The molecule has 0 spiro atoms. The zero-order chi connectivity index (χ0) is 38.3. The molecule has 0 bridgehead atoms. The quantitative estimate of drug-likeness (QED) is 0.160. The Morgan fingerprint density at radius 1 is 0.839 bits per heavy atom. The monoisotopic (exact) mass is 753 g/mol. The van der Waals surface area contributed by atoms with Crippen molar-refractivity contribution in [3.63, 3.8) is 0 Å². The molecule has 4 aliphatic rings. The average molecular weight is 754 g/mol. The molecule has 1 saturated carbocycles. The Morgan fingerprint density at radius 3 is 2.39 bits per heavy atom. The molecule has 1 aliphatic carbocycles. The van der Waals surface area contributed by atoms with Gasteiger partial charge in [-0.15, -0.1) is 0 Å². The number of ether oxygens (including phenoxy) is 1. The van der Waals surface area contributed by atoms with E-state index in [1.165, 1.54) is 6.33 Å². The Morgan fingerprint density at radius 2 is 1.61 bits per heavy atom. The number of nitrogen functional groups attached to an aromatic ring is 1. The maximum atomic E-state index is 13.4. The predicted octanol–water partition coefficient (Wildman–Crippen LogP) is 5.58. The molecular weight excluding hydrogens is 711 g/mol. The summed E-state index contributed by atoms with van der Waals surface area (Å²) in [6, 6.07) is 22.2. The normalized spacial score (nSPS) is 23.0. The van der Waals surface area contributed by atoms with Crippen molar-refractivity contribution in [2.75, 3.05) is 30.7 Å². The second-order valence-corrected chi connectivity index (χ2v) is 15.3. The Kier molecular flexibility index (Phi) is 9.41. The van der Waals surface area contributed by atoms with Crippen LogP contribution in [0.15, 0.2) is 79.1 Å². The minimum atomic E-state index is -0.979. The van der Waals surface area contributed by atoms with Crippen molar-refractivity contribution in [2.45, 2.75) is 69.5 Å². The number of hydrogen-bond donors (Lipinski definition) is 3. The van der Waals surface area contributed by atoms with Crippen molar-refractivity contribution >= 4 is 46.2 Å². The largest absolute Gasteiger partial charge is 0.457 e. The van der Waals surface area contributed by atoms with Gasteiger partial charge in [0.1, 0.15) is 35.4 Å². The molecule has 2 atom stereocenters. The van der Waals surface area contributed by atoms with Gasteiger partial charge in [0.05, 0.1) is 22.6 Å². The van der Waals surface area contributed by atoms with E-state index in [0.717, 1.165) is 103 Å². The standard InChI is InChI=1S/C42H43N9O5/c43-38-36-37(26-10-15-31(16-11-26)56-30-6-2-1-3-7-30)48-51(39(36)45-24-44-38)29-13-8-25(9-14-29)22-49-20-4-5-28(23-49)46-27-12-17-32-33(21-27)42(55)50(41(32)54)34-18-19-35(52)47-40(34)53/h1-3,6-7,10-12,15-17,21,24-25,28-29,34,46H,4-5,8-9,13-14,18-20,22-23H2,(H2,43,44,45)(H,47,52,53)/t25?,28-,29?,34?/m1/s1. The van der Waals surface area contributed by atoms with E-state index in [9.17, 15) is 19.2 Å². The van der Waals surface area contributed by atoms with Gasteiger partial charge < -0.3 is 20.7 Å². The number of anilines is 2. The van der Waals surface area contributed by atoms with Crippen LogP contribution in [0.25, 0.3) is 22.3 Å². The number of nitrogens with zero attached hydrogens (tertiary/aromatic N) is 6. The van der Waals surface area contributed by atoms with Crippen molar-refractivity contribution in [3.8, 4) is 22.8 Å². The lowest BCUT2D eigenvalue weighted by molar-refractivity contribution is -0.136.